The Labute approximate surface area is 240 Å². The minimum Gasteiger partial charge on any atom is -0.477 e. The summed E-state index contributed by atoms with van der Waals surface area (Å²) in [5.41, 5.74) is 11.4. The van der Waals surface area contributed by atoms with Crippen molar-refractivity contribution in [2.24, 2.45) is 10.9 Å². The summed E-state index contributed by atoms with van der Waals surface area (Å²) in [5.74, 6) is -1.73. The third-order valence-electron chi connectivity index (χ3n) is 5.84. The standard InChI is InChI=1S/C23H23N11O5S2/c24-7-9-33-23(29-31-32-33)41-11-12-10-40-21-16(20(36)34(21)17(12)22(37)38)28-19(35)15(18-26-8-6-14(25)27-18)30-39-13-4-2-1-3-5-13/h1-6,8,16,21H,7,9-11,24H2,(H,28,35)(H,37,38)(H2,25,26,27)/b30-15+/t16?,21-/m1/s1. The van der Waals surface area contributed by atoms with Crippen LogP contribution in [0.2, 0.25) is 0 Å². The number of carbonyl (C=O) groups is 3. The Morgan fingerprint density at radius 3 is 2.80 bits per heavy atom. The van der Waals surface area contributed by atoms with E-state index in [-0.39, 0.29) is 28.8 Å². The second-order valence-corrected chi connectivity index (χ2v) is 10.6. The summed E-state index contributed by atoms with van der Waals surface area (Å²) < 4.78 is 1.52. The molecule has 2 amide bonds. The number of oxime groups is 1. The molecule has 0 bridgehead atoms. The van der Waals surface area contributed by atoms with Gasteiger partial charge in [-0.1, -0.05) is 35.1 Å². The first kappa shape index (κ1) is 28.0. The lowest BCUT2D eigenvalue weighted by atomic mass is 10.0. The predicted molar refractivity (Wildman–Crippen MR) is 147 cm³/mol. The van der Waals surface area contributed by atoms with Crippen molar-refractivity contribution in [3.63, 3.8) is 0 Å². The zero-order valence-electron chi connectivity index (χ0n) is 21.2. The van der Waals surface area contributed by atoms with Crippen molar-refractivity contribution in [2.45, 2.75) is 23.1 Å². The van der Waals surface area contributed by atoms with E-state index < -0.39 is 29.2 Å². The number of aliphatic carboxylic acids is 1. The van der Waals surface area contributed by atoms with Gasteiger partial charge in [0.2, 0.25) is 10.9 Å². The number of nitrogens with zero attached hydrogens (tertiary/aromatic N) is 8. The van der Waals surface area contributed by atoms with Gasteiger partial charge in [-0.2, -0.15) is 0 Å². The number of tetrazole rings is 1. The molecular weight excluding hydrogens is 574 g/mol. The molecule has 0 aliphatic carbocycles. The van der Waals surface area contributed by atoms with Crippen molar-refractivity contribution in [1.29, 1.82) is 0 Å². The van der Waals surface area contributed by atoms with Crippen LogP contribution in [-0.4, -0.2) is 93.1 Å². The summed E-state index contributed by atoms with van der Waals surface area (Å²) in [6, 6.07) is 8.94. The first-order chi connectivity index (χ1) is 19.9. The number of β-lactam (4-membered cyclic amide) rings is 1. The highest BCUT2D eigenvalue weighted by Crippen LogP contribution is 2.41. The normalized spacial score (nSPS) is 18.5. The molecule has 2 aliphatic heterocycles. The third kappa shape index (κ3) is 5.98. The number of carbonyl (C=O) groups excluding carboxylic acids is 2. The molecule has 5 rings (SSSR count). The molecule has 2 aliphatic rings. The second kappa shape index (κ2) is 12.3. The lowest BCUT2D eigenvalue weighted by Gasteiger charge is -2.49. The maximum absolute atomic E-state index is 13.3. The van der Waals surface area contributed by atoms with Gasteiger partial charge in [0.05, 0.1) is 6.54 Å². The number of aromatic nitrogens is 6. The van der Waals surface area contributed by atoms with E-state index in [9.17, 15) is 19.5 Å². The van der Waals surface area contributed by atoms with Crippen LogP contribution in [0.25, 0.3) is 0 Å². The van der Waals surface area contributed by atoms with Crippen LogP contribution in [0.5, 0.6) is 5.75 Å². The number of rotatable bonds is 11. The van der Waals surface area contributed by atoms with E-state index in [1.807, 2.05) is 0 Å². The van der Waals surface area contributed by atoms with Gasteiger partial charge in [-0.15, -0.1) is 16.9 Å². The highest BCUT2D eigenvalue weighted by atomic mass is 32.2. The zero-order chi connectivity index (χ0) is 28.9. The summed E-state index contributed by atoms with van der Waals surface area (Å²) >= 11 is 2.57. The fraction of sp³-hybridized carbons (Fsp3) is 0.261. The summed E-state index contributed by atoms with van der Waals surface area (Å²) in [6.45, 7) is 0.744. The van der Waals surface area contributed by atoms with Gasteiger partial charge in [-0.25, -0.2) is 19.4 Å². The van der Waals surface area contributed by atoms with Crippen LogP contribution < -0.4 is 21.6 Å². The van der Waals surface area contributed by atoms with Crippen molar-refractivity contribution in [3.8, 4) is 5.75 Å². The maximum Gasteiger partial charge on any atom is 0.352 e. The van der Waals surface area contributed by atoms with E-state index in [1.165, 1.54) is 45.4 Å². The number of amides is 2. The van der Waals surface area contributed by atoms with Crippen LogP contribution in [0, 0.1) is 0 Å². The average molecular weight is 598 g/mol. The summed E-state index contributed by atoms with van der Waals surface area (Å²) in [7, 11) is 0. The monoisotopic (exact) mass is 597 g/mol. The fourth-order valence-corrected chi connectivity index (χ4v) is 6.36. The summed E-state index contributed by atoms with van der Waals surface area (Å²) in [5, 5.41) is 27.8. The number of thioether (sulfide) groups is 2. The number of anilines is 1. The molecule has 1 fully saturated rings. The number of nitrogens with one attached hydrogen (secondary N) is 1. The molecule has 212 valence electrons. The summed E-state index contributed by atoms with van der Waals surface area (Å²) in [4.78, 5) is 53.4. The van der Waals surface area contributed by atoms with Crippen LogP contribution in [0.3, 0.4) is 0 Å². The van der Waals surface area contributed by atoms with Gasteiger partial charge in [0, 0.05) is 24.2 Å². The Morgan fingerprint density at radius 2 is 2.07 bits per heavy atom. The minimum absolute atomic E-state index is 0.0997. The van der Waals surface area contributed by atoms with Gasteiger partial charge in [0.25, 0.3) is 11.8 Å². The van der Waals surface area contributed by atoms with E-state index in [2.05, 4.69) is 36.0 Å². The van der Waals surface area contributed by atoms with Gasteiger partial charge in [0.1, 0.15) is 22.9 Å². The molecule has 2 atom stereocenters. The molecule has 2 aromatic heterocycles. The predicted octanol–water partition coefficient (Wildman–Crippen LogP) is -0.682. The lowest BCUT2D eigenvalue weighted by Crippen LogP contribution is -2.71. The second-order valence-electron chi connectivity index (χ2n) is 8.53. The number of carboxylic acid groups (broad SMARTS) is 1. The van der Waals surface area contributed by atoms with Gasteiger partial charge >= 0.3 is 5.97 Å². The van der Waals surface area contributed by atoms with Crippen molar-refractivity contribution in [2.75, 3.05) is 23.8 Å². The largest absolute Gasteiger partial charge is 0.477 e. The quantitative estimate of drug-likeness (QED) is 0.0929. The number of hydrogen-bond donors (Lipinski definition) is 4. The van der Waals surface area contributed by atoms with Gasteiger partial charge < -0.3 is 26.7 Å². The highest BCUT2D eigenvalue weighted by Gasteiger charge is 2.54. The van der Waals surface area contributed by atoms with Crippen LogP contribution in [0.15, 0.2) is 64.2 Å². The Kier molecular flexibility index (Phi) is 8.41. The number of carboxylic acids is 1. The number of nitrogen functional groups attached to an aromatic ring is 1. The summed E-state index contributed by atoms with van der Waals surface area (Å²) in [6.07, 6.45) is 1.36. The van der Waals surface area contributed by atoms with Crippen molar-refractivity contribution in [1.82, 2.24) is 40.4 Å². The Balaban J connectivity index is 1.33. The van der Waals surface area contributed by atoms with Crippen LogP contribution in [0.1, 0.15) is 5.82 Å². The third-order valence-corrected chi connectivity index (χ3v) is 8.22. The number of para-hydroxylation sites is 1. The van der Waals surface area contributed by atoms with Crippen molar-refractivity contribution >= 4 is 52.8 Å². The van der Waals surface area contributed by atoms with Gasteiger partial charge in [-0.05, 0) is 34.2 Å². The smallest absolute Gasteiger partial charge is 0.352 e. The first-order valence-electron chi connectivity index (χ1n) is 12.1. The fourth-order valence-electron chi connectivity index (χ4n) is 3.97. The molecule has 4 heterocycles. The SMILES string of the molecule is NCCn1nnnc1SCC1=C(C(=O)O)N2C(=O)C(NC(=O)/C(=N/Oc3ccccc3)c3nccc(N)n3)[C@H]2SC1. The van der Waals surface area contributed by atoms with Crippen molar-refractivity contribution in [3.05, 3.63) is 59.7 Å². The van der Waals surface area contributed by atoms with E-state index in [0.29, 0.717) is 35.3 Å². The molecule has 0 spiro atoms. The number of fused-ring (bicyclic) bond motifs is 1. The van der Waals surface area contributed by atoms with E-state index >= 15 is 0 Å². The Bertz CT molecular complexity index is 1530. The lowest BCUT2D eigenvalue weighted by molar-refractivity contribution is -0.150. The minimum atomic E-state index is -1.25. The van der Waals surface area contributed by atoms with Gasteiger partial charge in [-0.3, -0.25) is 14.5 Å². The molecule has 0 saturated carbocycles. The molecular formula is C23H23N11O5S2. The van der Waals surface area contributed by atoms with Crippen molar-refractivity contribution < 1.29 is 24.3 Å². The molecule has 0 radical (unpaired) electrons. The zero-order valence-corrected chi connectivity index (χ0v) is 22.8. The number of hydrogen-bond acceptors (Lipinski definition) is 14. The molecule has 1 saturated heterocycles. The average Bonchev–Trinajstić information content (AvgIpc) is 3.42. The van der Waals surface area contributed by atoms with E-state index in [1.54, 1.807) is 30.3 Å². The molecule has 1 aromatic carbocycles. The maximum atomic E-state index is 13.3. The Hall–Kier alpha value is -4.55. The first-order valence-corrected chi connectivity index (χ1v) is 14.1. The molecule has 41 heavy (non-hydrogen) atoms. The number of nitrogens with two attached hydrogens (primary N) is 2. The Morgan fingerprint density at radius 1 is 1.27 bits per heavy atom. The van der Waals surface area contributed by atoms with Gasteiger partial charge in [0.15, 0.2) is 11.6 Å². The molecule has 6 N–H and O–H groups in total. The molecule has 3 aromatic rings. The van der Waals surface area contributed by atoms with Crippen LogP contribution >= 0.6 is 23.5 Å². The molecule has 18 heteroatoms. The molecule has 1 unspecified atom stereocenters. The highest BCUT2D eigenvalue weighted by molar-refractivity contribution is 8.01. The number of benzene rings is 1. The molecule has 16 nitrogen and oxygen atoms in total. The van der Waals surface area contributed by atoms with Crippen LogP contribution in [0.4, 0.5) is 5.82 Å². The van der Waals surface area contributed by atoms with E-state index in [4.69, 9.17) is 16.3 Å². The van der Waals surface area contributed by atoms with E-state index in [0.717, 1.165) is 0 Å². The van der Waals surface area contributed by atoms with Crippen LogP contribution in [-0.2, 0) is 20.9 Å². The topological polar surface area (TPSA) is 230 Å².